The Labute approximate surface area is 269 Å². The number of hydrogen-bond donors (Lipinski definition) is 1. The van der Waals surface area contributed by atoms with Gasteiger partial charge in [0.25, 0.3) is 0 Å². The van der Waals surface area contributed by atoms with Crippen molar-refractivity contribution in [3.8, 4) is 5.75 Å². The highest BCUT2D eigenvalue weighted by molar-refractivity contribution is 6.03. The van der Waals surface area contributed by atoms with Gasteiger partial charge < -0.3 is 29.3 Å². The molecule has 9 heteroatoms. The number of ether oxygens (including phenoxy) is 2. The number of benzene rings is 1. The number of aliphatic hydroxyl groups excluding tert-OH is 1. The standard InChI is InChI=1S/C36H53N3O6/c1-9-14-25(7)37(21-10-2)34(43)31-36-20-19-35(8,45-36)29(30(36)33(42)39(31)28(23-40)24(6)12-4)32(41)38(22-11-3)26-15-17-27(18-16-26)44-13-5/h10-11,15-18,24-25,28-31,40H,2-3,9,12-14,19-23H2,1,4-8H3/t24-,25?,28-,29+,30-,31?,35-,36?/m0/s1. The van der Waals surface area contributed by atoms with Crippen LogP contribution in [0.15, 0.2) is 49.6 Å². The molecule has 3 aliphatic rings. The Kier molecular flexibility index (Phi) is 10.9. The van der Waals surface area contributed by atoms with E-state index in [0.717, 1.165) is 12.8 Å². The van der Waals surface area contributed by atoms with E-state index in [2.05, 4.69) is 20.1 Å². The van der Waals surface area contributed by atoms with Crippen molar-refractivity contribution in [1.29, 1.82) is 0 Å². The first-order valence-electron chi connectivity index (χ1n) is 16.7. The van der Waals surface area contributed by atoms with Crippen LogP contribution < -0.4 is 9.64 Å². The third-order valence-corrected chi connectivity index (χ3v) is 10.4. The zero-order valence-corrected chi connectivity index (χ0v) is 28.0. The van der Waals surface area contributed by atoms with Crippen LogP contribution in [-0.2, 0) is 19.1 Å². The highest BCUT2D eigenvalue weighted by atomic mass is 16.5. The van der Waals surface area contributed by atoms with Crippen LogP contribution in [0, 0.1) is 17.8 Å². The molecule has 0 aliphatic carbocycles. The molecule has 9 nitrogen and oxygen atoms in total. The molecule has 4 rings (SSSR count). The van der Waals surface area contributed by atoms with Crippen LogP contribution in [-0.4, -0.2) is 88.3 Å². The summed E-state index contributed by atoms with van der Waals surface area (Å²) in [6.45, 7) is 20.5. The zero-order valence-electron chi connectivity index (χ0n) is 28.0. The van der Waals surface area contributed by atoms with E-state index in [0.29, 0.717) is 43.9 Å². The van der Waals surface area contributed by atoms with E-state index in [1.54, 1.807) is 26.9 Å². The molecule has 0 saturated carbocycles. The van der Waals surface area contributed by atoms with Gasteiger partial charge in [-0.05, 0) is 70.2 Å². The highest BCUT2D eigenvalue weighted by Gasteiger charge is 2.79. The number of amides is 3. The molecule has 45 heavy (non-hydrogen) atoms. The fourth-order valence-corrected chi connectivity index (χ4v) is 8.06. The van der Waals surface area contributed by atoms with Crippen molar-refractivity contribution in [2.45, 2.75) is 103 Å². The molecule has 3 aliphatic heterocycles. The second kappa shape index (κ2) is 14.1. The number of carbonyl (C=O) groups excluding carboxylic acids is 3. The maximum Gasteiger partial charge on any atom is 0.248 e. The smallest absolute Gasteiger partial charge is 0.248 e. The van der Waals surface area contributed by atoms with Crippen LogP contribution >= 0.6 is 0 Å². The van der Waals surface area contributed by atoms with Crippen molar-refractivity contribution < 1.29 is 29.0 Å². The lowest BCUT2D eigenvalue weighted by molar-refractivity contribution is -0.157. The lowest BCUT2D eigenvalue weighted by Gasteiger charge is -2.42. The number of likely N-dealkylation sites (tertiary alicyclic amines) is 1. The summed E-state index contributed by atoms with van der Waals surface area (Å²) in [6, 6.07) is 5.68. The van der Waals surface area contributed by atoms with Crippen molar-refractivity contribution in [3.05, 3.63) is 49.6 Å². The first-order chi connectivity index (χ1) is 21.5. The summed E-state index contributed by atoms with van der Waals surface area (Å²) in [5.41, 5.74) is -1.46. The summed E-state index contributed by atoms with van der Waals surface area (Å²) < 4.78 is 12.5. The number of aliphatic hydroxyl groups is 1. The number of nitrogens with zero attached hydrogens (tertiary/aromatic N) is 3. The molecule has 248 valence electrons. The van der Waals surface area contributed by atoms with E-state index >= 15 is 0 Å². The predicted octanol–water partition coefficient (Wildman–Crippen LogP) is 4.98. The van der Waals surface area contributed by atoms with Crippen LogP contribution in [0.1, 0.15) is 73.6 Å². The fourth-order valence-electron chi connectivity index (χ4n) is 8.06. The molecule has 1 spiro atoms. The summed E-state index contributed by atoms with van der Waals surface area (Å²) in [5, 5.41) is 10.7. The average Bonchev–Trinajstić information content (AvgIpc) is 3.59. The first-order valence-corrected chi connectivity index (χ1v) is 16.7. The molecule has 1 aromatic carbocycles. The molecule has 8 atom stereocenters. The van der Waals surface area contributed by atoms with Crippen molar-refractivity contribution in [1.82, 2.24) is 9.80 Å². The lowest BCUT2D eigenvalue weighted by atomic mass is 9.66. The van der Waals surface area contributed by atoms with E-state index in [1.807, 2.05) is 58.9 Å². The predicted molar refractivity (Wildman–Crippen MR) is 176 cm³/mol. The minimum atomic E-state index is -1.19. The van der Waals surface area contributed by atoms with Gasteiger partial charge in [-0.2, -0.15) is 0 Å². The summed E-state index contributed by atoms with van der Waals surface area (Å²) in [6.07, 6.45) is 6.79. The second-order valence-corrected chi connectivity index (χ2v) is 13.2. The average molecular weight is 624 g/mol. The van der Waals surface area contributed by atoms with Gasteiger partial charge in [0.2, 0.25) is 17.7 Å². The quantitative estimate of drug-likeness (QED) is 0.261. The van der Waals surface area contributed by atoms with Gasteiger partial charge in [0, 0.05) is 24.8 Å². The summed E-state index contributed by atoms with van der Waals surface area (Å²) in [7, 11) is 0. The molecule has 2 bridgehead atoms. The molecule has 1 aromatic rings. The minimum Gasteiger partial charge on any atom is -0.494 e. The largest absolute Gasteiger partial charge is 0.494 e. The molecular weight excluding hydrogens is 570 g/mol. The molecule has 3 heterocycles. The zero-order chi connectivity index (χ0) is 33.1. The van der Waals surface area contributed by atoms with Crippen molar-refractivity contribution >= 4 is 23.4 Å². The van der Waals surface area contributed by atoms with Gasteiger partial charge in [-0.1, -0.05) is 45.8 Å². The van der Waals surface area contributed by atoms with Crippen molar-refractivity contribution in [3.63, 3.8) is 0 Å². The molecule has 3 amide bonds. The maximum absolute atomic E-state index is 14.8. The monoisotopic (exact) mass is 623 g/mol. The Morgan fingerprint density at radius 1 is 1.11 bits per heavy atom. The first kappa shape index (κ1) is 34.7. The van der Waals surface area contributed by atoms with Crippen molar-refractivity contribution in [2.24, 2.45) is 17.8 Å². The topological polar surface area (TPSA) is 99.6 Å². The Morgan fingerprint density at radius 3 is 2.33 bits per heavy atom. The van der Waals surface area contributed by atoms with Crippen LogP contribution in [0.3, 0.4) is 0 Å². The summed E-state index contributed by atoms with van der Waals surface area (Å²) >= 11 is 0. The molecule has 0 aromatic heterocycles. The second-order valence-electron chi connectivity index (χ2n) is 13.2. The van der Waals surface area contributed by atoms with Crippen molar-refractivity contribution in [2.75, 3.05) is 31.2 Å². The third kappa shape index (κ3) is 5.94. The van der Waals surface area contributed by atoms with Gasteiger partial charge in [0.1, 0.15) is 17.4 Å². The van der Waals surface area contributed by atoms with Crippen LogP contribution in [0.2, 0.25) is 0 Å². The Balaban J connectivity index is 1.83. The number of rotatable bonds is 16. The molecule has 0 radical (unpaired) electrons. The van der Waals surface area contributed by atoms with Crippen LogP contribution in [0.25, 0.3) is 0 Å². The Morgan fingerprint density at radius 2 is 1.78 bits per heavy atom. The van der Waals surface area contributed by atoms with Gasteiger partial charge >= 0.3 is 0 Å². The maximum atomic E-state index is 14.8. The molecule has 3 saturated heterocycles. The Bertz CT molecular complexity index is 1250. The fraction of sp³-hybridized carbons (Fsp3) is 0.639. The van der Waals surface area contributed by atoms with E-state index in [9.17, 15) is 19.5 Å². The van der Waals surface area contributed by atoms with Gasteiger partial charge in [-0.15, -0.1) is 13.2 Å². The number of carbonyl (C=O) groups is 3. The molecule has 1 N–H and O–H groups in total. The lowest BCUT2D eigenvalue weighted by Crippen LogP contribution is -2.61. The SMILES string of the molecule is C=CCN(C(=O)[C@H]1[C@H]2C(=O)N([C@@H](CO)[C@@H](C)CC)C(C(=O)N(CC=C)C(C)CCC)C23CC[C@]1(C)O3)c1ccc(OCC)cc1. The van der Waals surface area contributed by atoms with Gasteiger partial charge in [0.15, 0.2) is 0 Å². The normalized spacial score (nSPS) is 28.7. The summed E-state index contributed by atoms with van der Waals surface area (Å²) in [5.74, 6) is -1.79. The third-order valence-electron chi connectivity index (χ3n) is 10.4. The number of anilines is 1. The number of fused-ring (bicyclic) bond motifs is 1. The van der Waals surface area contributed by atoms with Gasteiger partial charge in [-0.25, -0.2) is 0 Å². The summed E-state index contributed by atoms with van der Waals surface area (Å²) in [4.78, 5) is 49.4. The minimum absolute atomic E-state index is 0.0755. The highest BCUT2D eigenvalue weighted by Crippen LogP contribution is 2.64. The van der Waals surface area contributed by atoms with Crippen LogP contribution in [0.4, 0.5) is 5.69 Å². The molecular formula is C36H53N3O6. The van der Waals surface area contributed by atoms with E-state index in [-0.39, 0.29) is 42.8 Å². The Hall–Kier alpha value is -3.17. The van der Waals surface area contributed by atoms with E-state index in [1.165, 1.54) is 0 Å². The number of hydrogen-bond acceptors (Lipinski definition) is 6. The van der Waals surface area contributed by atoms with Gasteiger partial charge in [0.05, 0.1) is 36.7 Å². The molecule has 3 fully saturated rings. The van der Waals surface area contributed by atoms with E-state index in [4.69, 9.17) is 9.47 Å². The van der Waals surface area contributed by atoms with E-state index < -0.39 is 35.1 Å². The van der Waals surface area contributed by atoms with Crippen LogP contribution in [0.5, 0.6) is 5.75 Å². The molecule has 3 unspecified atom stereocenters. The van der Waals surface area contributed by atoms with Gasteiger partial charge in [-0.3, -0.25) is 14.4 Å².